The van der Waals surface area contributed by atoms with Gasteiger partial charge in [-0.3, -0.25) is 4.57 Å². The highest BCUT2D eigenvalue weighted by Gasteiger charge is 2.31. The predicted molar refractivity (Wildman–Crippen MR) is 251 cm³/mol. The lowest BCUT2D eigenvalue weighted by Gasteiger charge is -2.29. The van der Waals surface area contributed by atoms with Gasteiger partial charge in [0.25, 0.3) is 0 Å². The van der Waals surface area contributed by atoms with Crippen molar-refractivity contribution < 1.29 is 4.74 Å². The van der Waals surface area contributed by atoms with Crippen molar-refractivity contribution in [1.29, 1.82) is 0 Å². The van der Waals surface area contributed by atoms with Crippen molar-refractivity contribution in [3.05, 3.63) is 162 Å². The Morgan fingerprint density at radius 3 is 1.63 bits per heavy atom. The van der Waals surface area contributed by atoms with E-state index in [2.05, 4.69) is 221 Å². The van der Waals surface area contributed by atoms with Crippen LogP contribution in [0, 0.1) is 0 Å². The Morgan fingerprint density at radius 1 is 0.433 bits per heavy atom. The Morgan fingerprint density at radius 2 is 0.983 bits per heavy atom. The van der Waals surface area contributed by atoms with Crippen LogP contribution in [0.3, 0.4) is 0 Å². The van der Waals surface area contributed by atoms with Gasteiger partial charge in [-0.05, 0) is 106 Å². The molecule has 6 nitrogen and oxygen atoms in total. The smallest absolute Gasteiger partial charge is 0.137 e. The van der Waals surface area contributed by atoms with E-state index in [4.69, 9.17) is 9.72 Å². The third kappa shape index (κ3) is 6.28. The first-order valence-electron chi connectivity index (χ1n) is 21.1. The van der Waals surface area contributed by atoms with E-state index in [0.29, 0.717) is 6.67 Å². The summed E-state index contributed by atoms with van der Waals surface area (Å²) >= 11 is 0. The average Bonchev–Trinajstić information content (AvgIpc) is 3.89. The monoisotopic (exact) mass is 787 g/mol. The van der Waals surface area contributed by atoms with Gasteiger partial charge in [-0.25, -0.2) is 4.98 Å². The van der Waals surface area contributed by atoms with Crippen LogP contribution < -0.4 is 14.5 Å². The van der Waals surface area contributed by atoms with E-state index in [1.54, 1.807) is 0 Å². The number of nitrogens with zero attached hydrogens (tertiary/aromatic N) is 5. The van der Waals surface area contributed by atoms with E-state index in [1.165, 1.54) is 44.5 Å². The fourth-order valence-corrected chi connectivity index (χ4v) is 8.92. The number of benzene rings is 6. The summed E-state index contributed by atoms with van der Waals surface area (Å²) in [5, 5.41) is 2.43. The summed E-state index contributed by atoms with van der Waals surface area (Å²) in [6.45, 7) is 21.3. The Labute approximate surface area is 353 Å². The van der Waals surface area contributed by atoms with E-state index in [0.717, 1.165) is 50.8 Å². The SMILES string of the molecule is CC(C)(C)c1cc(N2CN(c3cccc(Oc4cc5c6c7c(cccc7n(-c7cc(C(C)(C)C)ccn7)c6c4)n5-c4ccccc4)c3)c3ccccc32)cc(C(C)(C)C)c1. The minimum absolute atomic E-state index is 0.0182. The highest BCUT2D eigenvalue weighted by Crippen LogP contribution is 2.48. The lowest BCUT2D eigenvalue weighted by Crippen LogP contribution is -2.25. The normalized spacial score (nSPS) is 13.6. The molecule has 0 atom stereocenters. The first-order chi connectivity index (χ1) is 28.6. The van der Waals surface area contributed by atoms with Crippen molar-refractivity contribution in [2.75, 3.05) is 16.5 Å². The fourth-order valence-electron chi connectivity index (χ4n) is 8.92. The van der Waals surface area contributed by atoms with Gasteiger partial charge in [0, 0.05) is 52.2 Å². The second kappa shape index (κ2) is 13.5. The summed E-state index contributed by atoms with van der Waals surface area (Å²) in [6.07, 6.45) is 1.94. The van der Waals surface area contributed by atoms with Gasteiger partial charge in [0.2, 0.25) is 0 Å². The molecule has 6 heteroatoms. The largest absolute Gasteiger partial charge is 0.457 e. The molecule has 3 aromatic heterocycles. The number of anilines is 4. The van der Waals surface area contributed by atoms with Gasteiger partial charge in [-0.15, -0.1) is 0 Å². The summed E-state index contributed by atoms with van der Waals surface area (Å²) in [4.78, 5) is 9.82. The molecule has 0 radical (unpaired) electrons. The summed E-state index contributed by atoms with van der Waals surface area (Å²) in [6, 6.07) is 50.4. The van der Waals surface area contributed by atoms with E-state index in [1.807, 2.05) is 6.20 Å². The zero-order valence-electron chi connectivity index (χ0n) is 36.2. The molecule has 0 amide bonds. The van der Waals surface area contributed by atoms with E-state index < -0.39 is 0 Å². The summed E-state index contributed by atoms with van der Waals surface area (Å²) in [5.41, 5.74) is 14.1. The van der Waals surface area contributed by atoms with Crippen LogP contribution in [-0.2, 0) is 16.2 Å². The summed E-state index contributed by atoms with van der Waals surface area (Å²) in [7, 11) is 0. The molecule has 6 aromatic carbocycles. The van der Waals surface area contributed by atoms with Gasteiger partial charge in [0.05, 0.1) is 33.4 Å². The maximum absolute atomic E-state index is 6.97. The highest BCUT2D eigenvalue weighted by atomic mass is 16.5. The standard InChI is InChI=1S/C54H53N5O/c1-52(2,3)35-25-26-55-49(30-35)59-46-24-16-23-45-50(46)51-47(58(45)38-17-11-10-12-18-38)32-42(33-48(51)59)60-41-20-15-19-39(31-41)56-34-57(44-22-14-13-21-43(44)56)40-28-36(53(4,5)6)27-37(29-40)54(7,8)9/h10-33H,34H2,1-9H3. The molecular formula is C54H53N5O. The van der Waals surface area contributed by atoms with Crippen molar-refractivity contribution in [2.24, 2.45) is 0 Å². The van der Waals surface area contributed by atoms with Crippen LogP contribution in [0.5, 0.6) is 11.5 Å². The fraction of sp³-hybridized carbons (Fsp3) is 0.241. The van der Waals surface area contributed by atoms with E-state index in [9.17, 15) is 0 Å². The molecule has 0 fully saturated rings. The first kappa shape index (κ1) is 37.7. The molecule has 300 valence electrons. The lowest BCUT2D eigenvalue weighted by atomic mass is 9.80. The molecule has 0 bridgehead atoms. The maximum Gasteiger partial charge on any atom is 0.137 e. The number of fused-ring (bicyclic) bond motifs is 1. The molecular weight excluding hydrogens is 735 g/mol. The minimum Gasteiger partial charge on any atom is -0.457 e. The van der Waals surface area contributed by atoms with Crippen molar-refractivity contribution in [2.45, 2.75) is 78.6 Å². The molecule has 9 aromatic rings. The van der Waals surface area contributed by atoms with Crippen molar-refractivity contribution in [3.63, 3.8) is 0 Å². The van der Waals surface area contributed by atoms with Crippen LogP contribution in [-0.4, -0.2) is 20.8 Å². The Balaban J connectivity index is 1.08. The maximum atomic E-state index is 6.97. The van der Waals surface area contributed by atoms with Crippen LogP contribution in [0.2, 0.25) is 0 Å². The molecule has 0 N–H and O–H groups in total. The van der Waals surface area contributed by atoms with Gasteiger partial charge in [0.15, 0.2) is 0 Å². The number of hydrogen-bond acceptors (Lipinski definition) is 4. The van der Waals surface area contributed by atoms with Crippen LogP contribution in [0.4, 0.5) is 22.7 Å². The van der Waals surface area contributed by atoms with E-state index >= 15 is 0 Å². The zero-order chi connectivity index (χ0) is 41.7. The number of aromatic nitrogens is 3. The molecule has 1 aliphatic heterocycles. The second-order valence-corrected chi connectivity index (χ2v) is 19.5. The summed E-state index contributed by atoms with van der Waals surface area (Å²) in [5.74, 6) is 2.44. The predicted octanol–water partition coefficient (Wildman–Crippen LogP) is 14.5. The molecule has 0 saturated heterocycles. The van der Waals surface area contributed by atoms with Crippen LogP contribution in [0.15, 0.2) is 146 Å². The number of para-hydroxylation sites is 3. The molecule has 1 aliphatic rings. The van der Waals surface area contributed by atoms with E-state index in [-0.39, 0.29) is 16.2 Å². The van der Waals surface area contributed by atoms with Crippen LogP contribution >= 0.6 is 0 Å². The minimum atomic E-state index is -0.0219. The summed E-state index contributed by atoms with van der Waals surface area (Å²) < 4.78 is 11.7. The lowest BCUT2D eigenvalue weighted by molar-refractivity contribution is 0.484. The molecule has 0 aliphatic carbocycles. The highest BCUT2D eigenvalue weighted by molar-refractivity contribution is 6.25. The molecule has 0 unspecified atom stereocenters. The molecule has 60 heavy (non-hydrogen) atoms. The number of rotatable bonds is 6. The Hall–Kier alpha value is -6.53. The third-order valence-corrected chi connectivity index (χ3v) is 12.2. The first-order valence-corrected chi connectivity index (χ1v) is 21.1. The number of ether oxygens (including phenoxy) is 1. The van der Waals surface area contributed by atoms with Crippen molar-refractivity contribution >= 4 is 55.6 Å². The molecule has 0 saturated carbocycles. The molecule has 10 rings (SSSR count). The van der Waals surface area contributed by atoms with Gasteiger partial charge in [-0.1, -0.05) is 111 Å². The van der Waals surface area contributed by atoms with Crippen LogP contribution in [0.25, 0.3) is 44.3 Å². The Bertz CT molecular complexity index is 3030. The number of pyridine rings is 1. The molecule has 0 spiro atoms. The van der Waals surface area contributed by atoms with Gasteiger partial charge in [-0.2, -0.15) is 0 Å². The third-order valence-electron chi connectivity index (χ3n) is 12.2. The van der Waals surface area contributed by atoms with Gasteiger partial charge < -0.3 is 19.1 Å². The number of hydrogen-bond donors (Lipinski definition) is 0. The van der Waals surface area contributed by atoms with Crippen molar-refractivity contribution in [1.82, 2.24) is 14.1 Å². The van der Waals surface area contributed by atoms with Gasteiger partial charge in [0.1, 0.15) is 24.0 Å². The molecule has 4 heterocycles. The second-order valence-electron chi connectivity index (χ2n) is 19.5. The average molecular weight is 788 g/mol. The zero-order valence-corrected chi connectivity index (χ0v) is 36.2. The Kier molecular flexibility index (Phi) is 8.49. The quantitative estimate of drug-likeness (QED) is 0.168. The topological polar surface area (TPSA) is 38.5 Å². The van der Waals surface area contributed by atoms with Crippen molar-refractivity contribution in [3.8, 4) is 23.0 Å². The van der Waals surface area contributed by atoms with Gasteiger partial charge >= 0.3 is 0 Å². The van der Waals surface area contributed by atoms with Crippen LogP contribution in [0.1, 0.15) is 79.0 Å².